The topological polar surface area (TPSA) is 31.6 Å². The monoisotopic (exact) mass is 272 g/mol. The highest BCUT2D eigenvalue weighted by atomic mass is 16.7. The molecule has 4 heteroatoms. The third-order valence-corrected chi connectivity index (χ3v) is 4.41. The average Bonchev–Trinajstić information content (AvgIpc) is 2.85. The van der Waals surface area contributed by atoms with Gasteiger partial charge >= 0.3 is 7.12 Å². The van der Waals surface area contributed by atoms with Gasteiger partial charge in [0.05, 0.1) is 11.2 Å². The SMILES string of the molecule is CC1(C)OB(CCc2cc3ccccc3o2)OC1(C)C. The maximum atomic E-state index is 6.00. The van der Waals surface area contributed by atoms with Gasteiger partial charge in [-0.15, -0.1) is 0 Å². The molecule has 0 atom stereocenters. The lowest BCUT2D eigenvalue weighted by Gasteiger charge is -2.32. The minimum Gasteiger partial charge on any atom is -0.461 e. The standard InChI is InChI=1S/C16H21BO3/c1-15(2)16(3,4)20-17(19-15)10-9-13-11-12-7-5-6-8-14(12)18-13/h5-8,11H,9-10H2,1-4H3. The zero-order valence-corrected chi connectivity index (χ0v) is 12.6. The van der Waals surface area contributed by atoms with Gasteiger partial charge in [0.2, 0.25) is 0 Å². The summed E-state index contributed by atoms with van der Waals surface area (Å²) < 4.78 is 17.8. The summed E-state index contributed by atoms with van der Waals surface area (Å²) in [4.78, 5) is 0. The Labute approximate surface area is 120 Å². The highest BCUT2D eigenvalue weighted by Crippen LogP contribution is 2.38. The first kappa shape index (κ1) is 13.7. The molecule has 1 aromatic carbocycles. The molecule has 1 aromatic heterocycles. The maximum Gasteiger partial charge on any atom is 0.458 e. The molecule has 0 bridgehead atoms. The summed E-state index contributed by atoms with van der Waals surface area (Å²) in [5.74, 6) is 0.987. The van der Waals surface area contributed by atoms with Crippen LogP contribution in [0.3, 0.4) is 0 Å². The molecule has 20 heavy (non-hydrogen) atoms. The first-order valence-electron chi connectivity index (χ1n) is 7.20. The van der Waals surface area contributed by atoms with Crippen molar-refractivity contribution in [3.63, 3.8) is 0 Å². The largest absolute Gasteiger partial charge is 0.461 e. The first-order valence-corrected chi connectivity index (χ1v) is 7.20. The lowest BCUT2D eigenvalue weighted by molar-refractivity contribution is 0.00578. The Morgan fingerprint density at radius 1 is 1.00 bits per heavy atom. The van der Waals surface area contributed by atoms with E-state index >= 15 is 0 Å². The van der Waals surface area contributed by atoms with Gasteiger partial charge in [-0.05, 0) is 46.1 Å². The number of rotatable bonds is 3. The van der Waals surface area contributed by atoms with E-state index in [1.165, 1.54) is 0 Å². The number of fused-ring (bicyclic) bond motifs is 1. The molecule has 2 heterocycles. The van der Waals surface area contributed by atoms with Gasteiger partial charge in [-0.1, -0.05) is 18.2 Å². The van der Waals surface area contributed by atoms with E-state index in [0.29, 0.717) is 0 Å². The zero-order chi connectivity index (χ0) is 14.4. The van der Waals surface area contributed by atoms with Gasteiger partial charge in [0.1, 0.15) is 11.3 Å². The Morgan fingerprint density at radius 3 is 2.30 bits per heavy atom. The van der Waals surface area contributed by atoms with E-state index in [2.05, 4.69) is 39.8 Å². The summed E-state index contributed by atoms with van der Waals surface area (Å²) in [5, 5.41) is 1.15. The van der Waals surface area contributed by atoms with Gasteiger partial charge in [0.25, 0.3) is 0 Å². The molecule has 1 aliphatic heterocycles. The molecule has 0 amide bonds. The number of benzene rings is 1. The van der Waals surface area contributed by atoms with Gasteiger partial charge in [0, 0.05) is 11.8 Å². The van der Waals surface area contributed by atoms with Gasteiger partial charge in [-0.25, -0.2) is 0 Å². The molecular formula is C16H21BO3. The summed E-state index contributed by atoms with van der Waals surface area (Å²) in [6.07, 6.45) is 1.64. The number of aryl methyl sites for hydroxylation is 1. The number of hydrogen-bond donors (Lipinski definition) is 0. The van der Waals surface area contributed by atoms with Crippen LogP contribution in [0.4, 0.5) is 0 Å². The summed E-state index contributed by atoms with van der Waals surface area (Å²) in [7, 11) is -0.159. The molecule has 0 aliphatic carbocycles. The molecule has 3 rings (SSSR count). The average molecular weight is 272 g/mol. The molecule has 2 aromatic rings. The van der Waals surface area contributed by atoms with E-state index in [0.717, 1.165) is 29.5 Å². The van der Waals surface area contributed by atoms with Crippen molar-refractivity contribution in [2.45, 2.75) is 51.6 Å². The quantitative estimate of drug-likeness (QED) is 0.789. The second-order valence-electron chi connectivity index (χ2n) is 6.48. The van der Waals surface area contributed by atoms with Crippen molar-refractivity contribution in [2.24, 2.45) is 0 Å². The molecule has 0 saturated carbocycles. The summed E-state index contributed by atoms with van der Waals surface area (Å²) in [6.45, 7) is 8.31. The second kappa shape index (κ2) is 4.64. The van der Waals surface area contributed by atoms with Crippen molar-refractivity contribution in [3.05, 3.63) is 36.1 Å². The van der Waals surface area contributed by atoms with E-state index in [1.807, 2.05) is 18.2 Å². The zero-order valence-electron chi connectivity index (χ0n) is 12.6. The summed E-state index contributed by atoms with van der Waals surface area (Å²) >= 11 is 0. The Balaban J connectivity index is 1.66. The first-order chi connectivity index (χ1) is 9.37. The predicted molar refractivity (Wildman–Crippen MR) is 80.8 cm³/mol. The molecule has 1 fully saturated rings. The fraction of sp³-hybridized carbons (Fsp3) is 0.500. The lowest BCUT2D eigenvalue weighted by Crippen LogP contribution is -2.41. The van der Waals surface area contributed by atoms with Gasteiger partial charge < -0.3 is 13.7 Å². The van der Waals surface area contributed by atoms with Crippen LogP contribution in [-0.4, -0.2) is 18.3 Å². The lowest BCUT2D eigenvalue weighted by atomic mass is 9.82. The molecule has 0 radical (unpaired) electrons. The van der Waals surface area contributed by atoms with Crippen molar-refractivity contribution in [3.8, 4) is 0 Å². The Hall–Kier alpha value is -1.26. The number of para-hydroxylation sites is 1. The fourth-order valence-corrected chi connectivity index (χ4v) is 2.50. The van der Waals surface area contributed by atoms with E-state index in [4.69, 9.17) is 13.7 Å². The van der Waals surface area contributed by atoms with Crippen molar-refractivity contribution < 1.29 is 13.7 Å². The molecule has 106 valence electrons. The minimum absolute atomic E-state index is 0.159. The normalized spacial score (nSPS) is 20.7. The highest BCUT2D eigenvalue weighted by molar-refractivity contribution is 6.45. The fourth-order valence-electron chi connectivity index (χ4n) is 2.50. The summed E-state index contributed by atoms with van der Waals surface area (Å²) in [5.41, 5.74) is 0.424. The Kier molecular flexibility index (Phi) is 3.18. The van der Waals surface area contributed by atoms with Crippen molar-refractivity contribution in [2.75, 3.05) is 0 Å². The third kappa shape index (κ3) is 2.38. The van der Waals surface area contributed by atoms with Crippen molar-refractivity contribution in [1.29, 1.82) is 0 Å². The van der Waals surface area contributed by atoms with Crippen LogP contribution in [0.2, 0.25) is 6.32 Å². The minimum atomic E-state index is -0.258. The molecular weight excluding hydrogens is 251 g/mol. The maximum absolute atomic E-state index is 6.00. The third-order valence-electron chi connectivity index (χ3n) is 4.41. The van der Waals surface area contributed by atoms with Crippen LogP contribution in [0.5, 0.6) is 0 Å². The van der Waals surface area contributed by atoms with Crippen LogP contribution in [0, 0.1) is 0 Å². The van der Waals surface area contributed by atoms with Crippen LogP contribution in [-0.2, 0) is 15.7 Å². The second-order valence-corrected chi connectivity index (χ2v) is 6.48. The van der Waals surface area contributed by atoms with Gasteiger partial charge in [0.15, 0.2) is 0 Å². The van der Waals surface area contributed by atoms with E-state index in [-0.39, 0.29) is 18.3 Å². The molecule has 1 saturated heterocycles. The van der Waals surface area contributed by atoms with E-state index in [9.17, 15) is 0 Å². The Bertz CT molecular complexity index is 566. The van der Waals surface area contributed by atoms with Crippen LogP contribution < -0.4 is 0 Å². The number of hydrogen-bond acceptors (Lipinski definition) is 3. The summed E-state index contributed by atoms with van der Waals surface area (Å²) in [6, 6.07) is 10.2. The number of furan rings is 1. The van der Waals surface area contributed by atoms with E-state index < -0.39 is 0 Å². The Morgan fingerprint density at radius 2 is 1.65 bits per heavy atom. The van der Waals surface area contributed by atoms with Crippen molar-refractivity contribution >= 4 is 18.1 Å². The van der Waals surface area contributed by atoms with Crippen LogP contribution in [0.15, 0.2) is 34.7 Å². The molecule has 0 N–H and O–H groups in total. The van der Waals surface area contributed by atoms with Crippen LogP contribution >= 0.6 is 0 Å². The molecule has 0 unspecified atom stereocenters. The molecule has 0 spiro atoms. The smallest absolute Gasteiger partial charge is 0.458 e. The van der Waals surface area contributed by atoms with Crippen LogP contribution in [0.1, 0.15) is 33.5 Å². The molecule has 1 aliphatic rings. The van der Waals surface area contributed by atoms with Crippen LogP contribution in [0.25, 0.3) is 11.0 Å². The molecule has 3 nitrogen and oxygen atoms in total. The predicted octanol–water partition coefficient (Wildman–Crippen LogP) is 4.07. The van der Waals surface area contributed by atoms with Gasteiger partial charge in [-0.2, -0.15) is 0 Å². The van der Waals surface area contributed by atoms with Crippen molar-refractivity contribution in [1.82, 2.24) is 0 Å². The van der Waals surface area contributed by atoms with E-state index in [1.54, 1.807) is 0 Å². The van der Waals surface area contributed by atoms with Gasteiger partial charge in [-0.3, -0.25) is 0 Å². The highest BCUT2D eigenvalue weighted by Gasteiger charge is 2.50.